The second-order valence-electron chi connectivity index (χ2n) is 6.13. The van der Waals surface area contributed by atoms with Crippen molar-refractivity contribution in [2.45, 2.75) is 72.5 Å². The molecule has 0 aromatic heterocycles. The SMILES string of the molecule is CCC(O)C(C)(C)OOC(=O)CCC(C)(C)C. The molecule has 4 nitrogen and oxygen atoms in total. The number of hydrogen-bond donors (Lipinski definition) is 1. The Labute approximate surface area is 104 Å². The van der Waals surface area contributed by atoms with Crippen LogP contribution < -0.4 is 0 Å². The van der Waals surface area contributed by atoms with E-state index >= 15 is 0 Å². The fourth-order valence-corrected chi connectivity index (χ4v) is 1.22. The molecule has 0 fully saturated rings. The van der Waals surface area contributed by atoms with Gasteiger partial charge in [0.05, 0.1) is 6.10 Å². The van der Waals surface area contributed by atoms with Gasteiger partial charge in [-0.1, -0.05) is 27.7 Å². The van der Waals surface area contributed by atoms with Gasteiger partial charge < -0.3 is 5.11 Å². The lowest BCUT2D eigenvalue weighted by Gasteiger charge is -2.27. The molecule has 0 spiro atoms. The number of carbonyl (C=O) groups is 1. The molecule has 4 heteroatoms. The fraction of sp³-hybridized carbons (Fsp3) is 0.923. The lowest BCUT2D eigenvalue weighted by molar-refractivity contribution is -0.342. The lowest BCUT2D eigenvalue weighted by Crippen LogP contribution is -2.39. The molecular formula is C13H26O4. The standard InChI is InChI=1S/C13H26O4/c1-7-10(14)13(5,6)17-16-11(15)8-9-12(2,3)4/h10,14H,7-9H2,1-6H3. The van der Waals surface area contributed by atoms with Crippen molar-refractivity contribution in [3.63, 3.8) is 0 Å². The summed E-state index contributed by atoms with van der Waals surface area (Å²) in [5, 5.41) is 9.64. The van der Waals surface area contributed by atoms with Gasteiger partial charge in [-0.15, -0.1) is 0 Å². The average molecular weight is 246 g/mol. The third kappa shape index (κ3) is 7.34. The molecule has 0 heterocycles. The Morgan fingerprint density at radius 3 is 2.18 bits per heavy atom. The minimum absolute atomic E-state index is 0.0947. The quantitative estimate of drug-likeness (QED) is 0.578. The van der Waals surface area contributed by atoms with Gasteiger partial charge in [0, 0.05) is 6.42 Å². The zero-order valence-corrected chi connectivity index (χ0v) is 11.9. The smallest absolute Gasteiger partial charge is 0.342 e. The highest BCUT2D eigenvalue weighted by Gasteiger charge is 2.30. The van der Waals surface area contributed by atoms with Crippen LogP contribution in [0.1, 0.15) is 60.8 Å². The summed E-state index contributed by atoms with van der Waals surface area (Å²) in [6, 6.07) is 0. The highest BCUT2D eigenvalue weighted by atomic mass is 17.2. The first-order valence-electron chi connectivity index (χ1n) is 6.15. The van der Waals surface area contributed by atoms with Crippen molar-refractivity contribution in [1.29, 1.82) is 0 Å². The molecule has 0 aliphatic rings. The molecule has 102 valence electrons. The van der Waals surface area contributed by atoms with Crippen LogP contribution in [0.15, 0.2) is 0 Å². The van der Waals surface area contributed by atoms with Crippen LogP contribution in [0.3, 0.4) is 0 Å². The van der Waals surface area contributed by atoms with Crippen molar-refractivity contribution in [1.82, 2.24) is 0 Å². The minimum atomic E-state index is -0.869. The third-order valence-corrected chi connectivity index (χ3v) is 2.62. The first kappa shape index (κ1) is 16.4. The Bertz CT molecular complexity index is 240. The molecule has 0 rings (SSSR count). The Kier molecular flexibility index (Phi) is 6.13. The highest BCUT2D eigenvalue weighted by Crippen LogP contribution is 2.22. The van der Waals surface area contributed by atoms with E-state index in [1.807, 2.05) is 6.92 Å². The van der Waals surface area contributed by atoms with Gasteiger partial charge in [0.15, 0.2) is 0 Å². The van der Waals surface area contributed by atoms with Gasteiger partial charge in [0.1, 0.15) is 5.60 Å². The Morgan fingerprint density at radius 1 is 1.24 bits per heavy atom. The van der Waals surface area contributed by atoms with E-state index in [9.17, 15) is 9.90 Å². The van der Waals surface area contributed by atoms with E-state index in [0.717, 1.165) is 6.42 Å². The van der Waals surface area contributed by atoms with Gasteiger partial charge in [-0.05, 0) is 32.1 Å². The summed E-state index contributed by atoms with van der Waals surface area (Å²) in [6.45, 7) is 11.4. The predicted octanol–water partition coefficient (Wildman–Crippen LogP) is 2.84. The molecule has 0 aliphatic heterocycles. The van der Waals surface area contributed by atoms with E-state index in [2.05, 4.69) is 20.8 Å². The second kappa shape index (κ2) is 6.36. The van der Waals surface area contributed by atoms with E-state index in [1.165, 1.54) is 0 Å². The molecule has 0 aliphatic carbocycles. The van der Waals surface area contributed by atoms with E-state index < -0.39 is 17.7 Å². The monoisotopic (exact) mass is 246 g/mol. The van der Waals surface area contributed by atoms with Crippen molar-refractivity contribution in [3.05, 3.63) is 0 Å². The Morgan fingerprint density at radius 2 is 1.76 bits per heavy atom. The average Bonchev–Trinajstić information content (AvgIpc) is 2.21. The predicted molar refractivity (Wildman–Crippen MR) is 66.2 cm³/mol. The van der Waals surface area contributed by atoms with Crippen molar-refractivity contribution >= 4 is 5.97 Å². The molecule has 0 aromatic rings. The molecule has 1 N–H and O–H groups in total. The first-order chi connectivity index (χ1) is 7.58. The zero-order valence-electron chi connectivity index (χ0n) is 11.9. The maximum Gasteiger partial charge on any atom is 0.342 e. The van der Waals surface area contributed by atoms with Gasteiger partial charge in [0.2, 0.25) is 0 Å². The van der Waals surface area contributed by atoms with Crippen LogP contribution in [-0.2, 0) is 14.6 Å². The molecular weight excluding hydrogens is 220 g/mol. The van der Waals surface area contributed by atoms with Gasteiger partial charge in [-0.3, -0.25) is 4.89 Å². The van der Waals surface area contributed by atoms with Crippen LogP contribution >= 0.6 is 0 Å². The molecule has 1 unspecified atom stereocenters. The summed E-state index contributed by atoms with van der Waals surface area (Å²) >= 11 is 0. The molecule has 17 heavy (non-hydrogen) atoms. The van der Waals surface area contributed by atoms with Crippen LogP contribution in [0.25, 0.3) is 0 Å². The minimum Gasteiger partial charge on any atom is -0.390 e. The van der Waals surface area contributed by atoms with Gasteiger partial charge in [-0.25, -0.2) is 4.79 Å². The summed E-state index contributed by atoms with van der Waals surface area (Å²) < 4.78 is 0. The number of rotatable bonds is 6. The number of carbonyl (C=O) groups excluding carboxylic acids is 1. The molecule has 1 atom stereocenters. The maximum atomic E-state index is 11.4. The van der Waals surface area contributed by atoms with Crippen molar-refractivity contribution < 1.29 is 19.7 Å². The van der Waals surface area contributed by atoms with E-state index in [0.29, 0.717) is 12.8 Å². The summed E-state index contributed by atoms with van der Waals surface area (Å²) in [4.78, 5) is 21.2. The van der Waals surface area contributed by atoms with Crippen molar-refractivity contribution in [3.8, 4) is 0 Å². The lowest BCUT2D eigenvalue weighted by atomic mass is 9.91. The first-order valence-corrected chi connectivity index (χ1v) is 6.15. The maximum absolute atomic E-state index is 11.4. The van der Waals surface area contributed by atoms with Gasteiger partial charge in [-0.2, -0.15) is 4.89 Å². The second-order valence-corrected chi connectivity index (χ2v) is 6.13. The molecule has 0 radical (unpaired) electrons. The van der Waals surface area contributed by atoms with Crippen LogP contribution in [0.5, 0.6) is 0 Å². The van der Waals surface area contributed by atoms with Crippen molar-refractivity contribution in [2.24, 2.45) is 5.41 Å². The van der Waals surface area contributed by atoms with Crippen LogP contribution in [0.4, 0.5) is 0 Å². The molecule has 0 saturated carbocycles. The summed E-state index contributed by atoms with van der Waals surface area (Å²) in [5.74, 6) is -0.392. The van der Waals surface area contributed by atoms with Crippen LogP contribution in [0.2, 0.25) is 0 Å². The Hall–Kier alpha value is -0.610. The summed E-state index contributed by atoms with van der Waals surface area (Å²) in [7, 11) is 0. The van der Waals surface area contributed by atoms with Crippen molar-refractivity contribution in [2.75, 3.05) is 0 Å². The van der Waals surface area contributed by atoms with Gasteiger partial charge >= 0.3 is 5.97 Å². The molecule has 0 amide bonds. The van der Waals surface area contributed by atoms with E-state index in [4.69, 9.17) is 9.78 Å². The largest absolute Gasteiger partial charge is 0.390 e. The normalized spacial score (nSPS) is 14.5. The van der Waals surface area contributed by atoms with E-state index in [-0.39, 0.29) is 5.41 Å². The van der Waals surface area contributed by atoms with Crippen LogP contribution in [-0.4, -0.2) is 22.8 Å². The molecule has 0 saturated heterocycles. The number of aliphatic hydroxyl groups is 1. The number of hydrogen-bond acceptors (Lipinski definition) is 4. The van der Waals surface area contributed by atoms with E-state index in [1.54, 1.807) is 13.8 Å². The Balaban J connectivity index is 4.00. The highest BCUT2D eigenvalue weighted by molar-refractivity contribution is 5.68. The number of aliphatic hydroxyl groups excluding tert-OH is 1. The molecule has 0 aromatic carbocycles. The topological polar surface area (TPSA) is 55.8 Å². The zero-order chi connectivity index (χ0) is 13.7. The van der Waals surface area contributed by atoms with Crippen LogP contribution in [0, 0.1) is 5.41 Å². The third-order valence-electron chi connectivity index (χ3n) is 2.62. The van der Waals surface area contributed by atoms with Gasteiger partial charge in [0.25, 0.3) is 0 Å². The summed E-state index contributed by atoms with van der Waals surface area (Å²) in [5.41, 5.74) is -0.774. The fourth-order valence-electron chi connectivity index (χ4n) is 1.22. The molecule has 0 bridgehead atoms. The summed E-state index contributed by atoms with van der Waals surface area (Å²) in [6.07, 6.45) is 0.957.